The molecule has 0 unspecified atom stereocenters. The van der Waals surface area contributed by atoms with E-state index < -0.39 is 0 Å². The minimum absolute atomic E-state index is 0.361. The Morgan fingerprint density at radius 2 is 1.76 bits per heavy atom. The number of anilines is 1. The SMILES string of the molecule is COc1cc(OC)c(-c2cn3ccc(C4(N)CCC(NCc5ccc(N(C)C)cc5)CC4)cc3n2)cc1Cl. The molecule has 2 heterocycles. The molecule has 0 aliphatic heterocycles. The second-order valence-electron chi connectivity index (χ2n) is 10.4. The van der Waals surface area contributed by atoms with Crippen molar-refractivity contribution >= 4 is 22.9 Å². The van der Waals surface area contributed by atoms with E-state index in [1.165, 1.54) is 11.3 Å². The van der Waals surface area contributed by atoms with Crippen molar-refractivity contribution < 1.29 is 9.47 Å². The van der Waals surface area contributed by atoms with Gasteiger partial charge in [0.2, 0.25) is 0 Å². The van der Waals surface area contributed by atoms with Gasteiger partial charge in [-0.2, -0.15) is 0 Å². The third-order valence-electron chi connectivity index (χ3n) is 7.71. The number of rotatable bonds is 8. The Bertz CT molecular complexity index is 1410. The van der Waals surface area contributed by atoms with Gasteiger partial charge in [0, 0.05) is 61.9 Å². The minimum atomic E-state index is -0.361. The average molecular weight is 534 g/mol. The lowest BCUT2D eigenvalue weighted by atomic mass is 9.76. The summed E-state index contributed by atoms with van der Waals surface area (Å²) < 4.78 is 12.9. The first-order valence-corrected chi connectivity index (χ1v) is 13.4. The molecule has 1 aliphatic rings. The Hall–Kier alpha value is -3.26. The number of hydrogen-bond acceptors (Lipinski definition) is 6. The second kappa shape index (κ2) is 10.8. The number of aromatic nitrogens is 2. The number of nitrogens with one attached hydrogen (secondary N) is 1. The van der Waals surface area contributed by atoms with Gasteiger partial charge in [-0.05, 0) is 67.1 Å². The van der Waals surface area contributed by atoms with Crippen LogP contribution < -0.4 is 25.4 Å². The molecule has 2 aromatic heterocycles. The summed E-state index contributed by atoms with van der Waals surface area (Å²) in [6, 6.07) is 17.0. The number of ether oxygens (including phenoxy) is 2. The van der Waals surface area contributed by atoms with Crippen molar-refractivity contribution in [3.05, 3.63) is 77.1 Å². The van der Waals surface area contributed by atoms with E-state index in [9.17, 15) is 0 Å². The standard InChI is InChI=1S/C30H36ClN5O2/c1-35(2)23-7-5-20(6-8-23)18-33-22-9-12-30(32,13-10-22)21-11-14-36-19-26(34-29(36)15-21)24-16-25(31)28(38-4)17-27(24)37-3/h5-8,11,14-17,19,22,33H,9-10,12-13,18,32H2,1-4H3. The molecule has 2 aromatic carbocycles. The van der Waals surface area contributed by atoms with E-state index in [-0.39, 0.29) is 5.54 Å². The summed E-state index contributed by atoms with van der Waals surface area (Å²) in [5, 5.41) is 4.25. The minimum Gasteiger partial charge on any atom is -0.496 e. The molecule has 1 fully saturated rings. The van der Waals surface area contributed by atoms with Gasteiger partial charge in [0.1, 0.15) is 17.1 Å². The topological polar surface area (TPSA) is 77.0 Å². The summed E-state index contributed by atoms with van der Waals surface area (Å²) in [5.41, 5.74) is 12.7. The molecule has 7 nitrogen and oxygen atoms in total. The lowest BCUT2D eigenvalue weighted by Crippen LogP contribution is -2.45. The van der Waals surface area contributed by atoms with E-state index in [4.69, 9.17) is 31.8 Å². The van der Waals surface area contributed by atoms with Crippen LogP contribution in [0.25, 0.3) is 16.9 Å². The lowest BCUT2D eigenvalue weighted by molar-refractivity contribution is 0.251. The third kappa shape index (κ3) is 5.32. The number of pyridine rings is 1. The van der Waals surface area contributed by atoms with E-state index in [2.05, 4.69) is 60.7 Å². The van der Waals surface area contributed by atoms with Gasteiger partial charge in [0.15, 0.2) is 0 Å². The highest BCUT2D eigenvalue weighted by molar-refractivity contribution is 6.32. The number of hydrogen-bond donors (Lipinski definition) is 2. The van der Waals surface area contributed by atoms with Crippen molar-refractivity contribution in [3.8, 4) is 22.8 Å². The molecule has 200 valence electrons. The zero-order valence-corrected chi connectivity index (χ0v) is 23.3. The molecule has 8 heteroatoms. The maximum Gasteiger partial charge on any atom is 0.141 e. The van der Waals surface area contributed by atoms with Gasteiger partial charge in [-0.1, -0.05) is 23.7 Å². The van der Waals surface area contributed by atoms with Crippen molar-refractivity contribution in [2.45, 2.75) is 43.8 Å². The first kappa shape index (κ1) is 26.4. The molecular formula is C30H36ClN5O2. The van der Waals surface area contributed by atoms with Crippen molar-refractivity contribution in [2.75, 3.05) is 33.2 Å². The van der Waals surface area contributed by atoms with Gasteiger partial charge in [0.05, 0.1) is 24.9 Å². The summed E-state index contributed by atoms with van der Waals surface area (Å²) in [5.74, 6) is 1.22. The number of nitrogens with two attached hydrogens (primary N) is 1. The number of nitrogens with zero attached hydrogens (tertiary/aromatic N) is 3. The Morgan fingerprint density at radius 3 is 2.42 bits per heavy atom. The van der Waals surface area contributed by atoms with Crippen LogP contribution in [0.3, 0.4) is 0 Å². The van der Waals surface area contributed by atoms with Crippen LogP contribution in [0.2, 0.25) is 5.02 Å². The van der Waals surface area contributed by atoms with Crippen LogP contribution in [0.15, 0.2) is 60.9 Å². The quantitative estimate of drug-likeness (QED) is 0.306. The Labute approximate surface area is 229 Å². The number of methoxy groups -OCH3 is 2. The number of fused-ring (bicyclic) bond motifs is 1. The highest BCUT2D eigenvalue weighted by atomic mass is 35.5. The fraction of sp³-hybridized carbons (Fsp3) is 0.367. The van der Waals surface area contributed by atoms with Crippen LogP contribution in [0.5, 0.6) is 11.5 Å². The average Bonchev–Trinajstić information content (AvgIpc) is 3.36. The summed E-state index contributed by atoms with van der Waals surface area (Å²) >= 11 is 6.40. The second-order valence-corrected chi connectivity index (χ2v) is 10.8. The third-order valence-corrected chi connectivity index (χ3v) is 8.01. The molecule has 1 saturated carbocycles. The predicted molar refractivity (Wildman–Crippen MR) is 154 cm³/mol. The zero-order valence-electron chi connectivity index (χ0n) is 22.5. The summed E-state index contributed by atoms with van der Waals surface area (Å²) in [7, 11) is 7.34. The van der Waals surface area contributed by atoms with Crippen LogP contribution >= 0.6 is 11.6 Å². The van der Waals surface area contributed by atoms with Gasteiger partial charge in [0.25, 0.3) is 0 Å². The largest absolute Gasteiger partial charge is 0.496 e. The molecule has 38 heavy (non-hydrogen) atoms. The number of benzene rings is 2. The van der Waals surface area contributed by atoms with E-state index >= 15 is 0 Å². The maximum atomic E-state index is 6.98. The molecule has 0 amide bonds. The number of imidazole rings is 1. The van der Waals surface area contributed by atoms with Crippen LogP contribution in [-0.4, -0.2) is 43.7 Å². The molecule has 0 saturated heterocycles. The molecule has 0 bridgehead atoms. The molecule has 1 aliphatic carbocycles. The van der Waals surface area contributed by atoms with E-state index in [1.807, 2.05) is 22.9 Å². The van der Waals surface area contributed by atoms with Crippen molar-refractivity contribution in [1.29, 1.82) is 0 Å². The van der Waals surface area contributed by atoms with Gasteiger partial charge in [-0.25, -0.2) is 4.98 Å². The Morgan fingerprint density at radius 1 is 1.05 bits per heavy atom. The highest BCUT2D eigenvalue weighted by Gasteiger charge is 2.33. The molecular weight excluding hydrogens is 498 g/mol. The number of halogens is 1. The first-order chi connectivity index (χ1) is 18.3. The fourth-order valence-corrected chi connectivity index (χ4v) is 5.52. The van der Waals surface area contributed by atoms with Gasteiger partial charge in [-0.3, -0.25) is 0 Å². The molecule has 5 rings (SSSR count). The smallest absolute Gasteiger partial charge is 0.141 e. The van der Waals surface area contributed by atoms with Crippen LogP contribution in [0.1, 0.15) is 36.8 Å². The molecule has 3 N–H and O–H groups in total. The van der Waals surface area contributed by atoms with Crippen molar-refractivity contribution in [3.63, 3.8) is 0 Å². The summed E-state index contributed by atoms with van der Waals surface area (Å²) in [6.45, 7) is 0.873. The van der Waals surface area contributed by atoms with E-state index in [0.29, 0.717) is 22.6 Å². The monoisotopic (exact) mass is 533 g/mol. The fourth-order valence-electron chi connectivity index (χ4n) is 5.28. The van der Waals surface area contributed by atoms with Crippen molar-refractivity contribution in [2.24, 2.45) is 5.73 Å². The van der Waals surface area contributed by atoms with Crippen LogP contribution in [0, 0.1) is 0 Å². The van der Waals surface area contributed by atoms with Gasteiger partial charge >= 0.3 is 0 Å². The van der Waals surface area contributed by atoms with E-state index in [1.54, 1.807) is 20.3 Å². The van der Waals surface area contributed by atoms with Crippen LogP contribution in [0.4, 0.5) is 5.69 Å². The predicted octanol–water partition coefficient (Wildman–Crippen LogP) is 5.62. The van der Waals surface area contributed by atoms with Gasteiger partial charge < -0.3 is 29.8 Å². The maximum absolute atomic E-state index is 6.98. The zero-order chi connectivity index (χ0) is 26.9. The normalized spacial score (nSPS) is 19.5. The molecule has 0 atom stereocenters. The molecule has 0 spiro atoms. The Kier molecular flexibility index (Phi) is 7.52. The van der Waals surface area contributed by atoms with Crippen molar-refractivity contribution in [1.82, 2.24) is 14.7 Å². The molecule has 4 aromatic rings. The first-order valence-electron chi connectivity index (χ1n) is 13.0. The van der Waals surface area contributed by atoms with Crippen LogP contribution in [-0.2, 0) is 12.1 Å². The van der Waals surface area contributed by atoms with E-state index in [0.717, 1.165) is 54.7 Å². The highest BCUT2D eigenvalue weighted by Crippen LogP contribution is 2.39. The summed E-state index contributed by atoms with van der Waals surface area (Å²) in [6.07, 6.45) is 7.95. The molecule has 0 radical (unpaired) electrons. The lowest BCUT2D eigenvalue weighted by Gasteiger charge is -2.38. The van der Waals surface area contributed by atoms with Gasteiger partial charge in [-0.15, -0.1) is 0 Å². The Balaban J connectivity index is 1.27. The summed E-state index contributed by atoms with van der Waals surface area (Å²) in [4.78, 5) is 7.00.